The molecule has 1 amide bonds. The number of aromatic nitrogens is 2. The summed E-state index contributed by atoms with van der Waals surface area (Å²) >= 11 is 0. The van der Waals surface area contributed by atoms with Gasteiger partial charge in [-0.05, 0) is 48.1 Å². The van der Waals surface area contributed by atoms with Crippen LogP contribution in [0.5, 0.6) is 5.75 Å². The van der Waals surface area contributed by atoms with Crippen molar-refractivity contribution >= 4 is 5.91 Å². The Balaban J connectivity index is 1.35. The summed E-state index contributed by atoms with van der Waals surface area (Å²) in [6.07, 6.45) is 6.78. The number of carbonyl (C=O) groups is 1. The summed E-state index contributed by atoms with van der Waals surface area (Å²) in [4.78, 5) is 15.1. The van der Waals surface area contributed by atoms with E-state index in [9.17, 15) is 9.90 Å². The van der Waals surface area contributed by atoms with E-state index in [1.54, 1.807) is 4.68 Å². The van der Waals surface area contributed by atoms with Gasteiger partial charge in [0.05, 0.1) is 17.9 Å². The van der Waals surface area contributed by atoms with Gasteiger partial charge in [-0.25, -0.2) is 0 Å². The van der Waals surface area contributed by atoms with E-state index in [-0.39, 0.29) is 12.0 Å². The van der Waals surface area contributed by atoms with Gasteiger partial charge in [0.2, 0.25) is 0 Å². The smallest absolute Gasteiger partial charge is 0.258 e. The monoisotopic (exact) mass is 417 g/mol. The largest absolute Gasteiger partial charge is 0.487 e. The lowest BCUT2D eigenvalue weighted by Gasteiger charge is -2.28. The van der Waals surface area contributed by atoms with Gasteiger partial charge in [0.15, 0.2) is 0 Å². The molecule has 1 aromatic heterocycles. The molecule has 0 unspecified atom stereocenters. The van der Waals surface area contributed by atoms with Gasteiger partial charge in [-0.15, -0.1) is 0 Å². The van der Waals surface area contributed by atoms with E-state index in [0.29, 0.717) is 24.4 Å². The average molecular weight is 418 g/mol. The SMILES string of the molecule is Cn1cc(-c2cccc(CN3Cc4cccc(O[C@H]5CCCC[C@@H]5O)c4C3=O)c2)cn1. The molecule has 2 heterocycles. The lowest BCUT2D eigenvalue weighted by molar-refractivity contribution is 0.00636. The van der Waals surface area contributed by atoms with Gasteiger partial charge in [-0.1, -0.05) is 36.8 Å². The van der Waals surface area contributed by atoms with Crippen molar-refractivity contribution in [3.63, 3.8) is 0 Å². The van der Waals surface area contributed by atoms with E-state index in [4.69, 9.17) is 4.74 Å². The van der Waals surface area contributed by atoms with Crippen molar-refractivity contribution in [2.75, 3.05) is 0 Å². The topological polar surface area (TPSA) is 67.6 Å². The fraction of sp³-hybridized carbons (Fsp3) is 0.360. The molecule has 6 heteroatoms. The maximum absolute atomic E-state index is 13.3. The third kappa shape index (κ3) is 3.95. The molecule has 3 aromatic rings. The molecule has 0 radical (unpaired) electrons. The molecule has 160 valence electrons. The van der Waals surface area contributed by atoms with Crippen LogP contribution in [0.4, 0.5) is 0 Å². The van der Waals surface area contributed by atoms with Crippen molar-refractivity contribution in [3.8, 4) is 16.9 Å². The first-order valence-electron chi connectivity index (χ1n) is 10.9. The molecule has 1 aliphatic heterocycles. The number of aryl methyl sites for hydroxylation is 1. The number of nitrogens with zero attached hydrogens (tertiary/aromatic N) is 3. The van der Waals surface area contributed by atoms with Gasteiger partial charge in [0.1, 0.15) is 11.9 Å². The van der Waals surface area contributed by atoms with Crippen molar-refractivity contribution in [2.45, 2.75) is 51.0 Å². The Bertz CT molecular complexity index is 1110. The number of amides is 1. The molecule has 0 spiro atoms. The fourth-order valence-electron chi connectivity index (χ4n) is 4.63. The number of fused-ring (bicyclic) bond motifs is 1. The van der Waals surface area contributed by atoms with E-state index in [1.807, 2.05) is 54.7 Å². The first-order valence-corrected chi connectivity index (χ1v) is 10.9. The molecule has 2 atom stereocenters. The Morgan fingerprint density at radius 2 is 1.97 bits per heavy atom. The van der Waals surface area contributed by atoms with Crippen LogP contribution >= 0.6 is 0 Å². The zero-order valence-corrected chi connectivity index (χ0v) is 17.7. The molecule has 1 N–H and O–H groups in total. The molecule has 0 bridgehead atoms. The normalized spacial score (nSPS) is 20.7. The van der Waals surface area contributed by atoms with Gasteiger partial charge in [-0.3, -0.25) is 9.48 Å². The number of benzene rings is 2. The zero-order chi connectivity index (χ0) is 21.4. The van der Waals surface area contributed by atoms with Crippen molar-refractivity contribution in [2.24, 2.45) is 7.05 Å². The summed E-state index contributed by atoms with van der Waals surface area (Å²) < 4.78 is 7.94. The summed E-state index contributed by atoms with van der Waals surface area (Å²) in [7, 11) is 1.90. The van der Waals surface area contributed by atoms with Crippen molar-refractivity contribution in [3.05, 3.63) is 71.5 Å². The predicted octanol–water partition coefficient (Wildman–Crippen LogP) is 3.93. The minimum Gasteiger partial charge on any atom is -0.487 e. The van der Waals surface area contributed by atoms with E-state index < -0.39 is 6.10 Å². The van der Waals surface area contributed by atoms with Crippen LogP contribution in [-0.4, -0.2) is 37.9 Å². The van der Waals surface area contributed by atoms with Gasteiger partial charge in [-0.2, -0.15) is 5.10 Å². The van der Waals surface area contributed by atoms with Gasteiger partial charge >= 0.3 is 0 Å². The standard InChI is InChI=1S/C25H27N3O3/c1-27-15-20(13-26-27)18-7-4-6-17(12-18)14-28-16-19-8-5-11-23(24(19)25(28)30)31-22-10-3-2-9-21(22)29/h4-8,11-13,15,21-22,29H,2-3,9-10,14,16H2,1H3/t21-,22-/m0/s1. The van der Waals surface area contributed by atoms with Crippen LogP contribution in [0, 0.1) is 0 Å². The first-order chi connectivity index (χ1) is 15.1. The van der Waals surface area contributed by atoms with Crippen molar-refractivity contribution in [1.29, 1.82) is 0 Å². The summed E-state index contributed by atoms with van der Waals surface area (Å²) in [5.74, 6) is 0.586. The van der Waals surface area contributed by atoms with Crippen LogP contribution < -0.4 is 4.74 Å². The van der Waals surface area contributed by atoms with Crippen LogP contribution in [-0.2, 0) is 20.1 Å². The number of aliphatic hydroxyl groups is 1. The summed E-state index contributed by atoms with van der Waals surface area (Å²) in [6, 6.07) is 14.0. The van der Waals surface area contributed by atoms with Gasteiger partial charge < -0.3 is 14.7 Å². The third-order valence-corrected chi connectivity index (χ3v) is 6.26. The van der Waals surface area contributed by atoms with E-state index in [1.165, 1.54) is 0 Å². The molecule has 1 saturated carbocycles. The molecule has 0 saturated heterocycles. The summed E-state index contributed by atoms with van der Waals surface area (Å²) in [5, 5.41) is 14.5. The lowest BCUT2D eigenvalue weighted by atomic mass is 9.94. The molecule has 2 aromatic carbocycles. The Morgan fingerprint density at radius 3 is 2.77 bits per heavy atom. The Kier molecular flexibility index (Phi) is 5.24. The van der Waals surface area contributed by atoms with Crippen LogP contribution in [0.15, 0.2) is 54.9 Å². The average Bonchev–Trinajstić information content (AvgIpc) is 3.34. The van der Waals surface area contributed by atoms with E-state index in [2.05, 4.69) is 17.2 Å². The van der Waals surface area contributed by atoms with Gasteiger partial charge in [0, 0.05) is 31.9 Å². The van der Waals surface area contributed by atoms with E-state index in [0.717, 1.165) is 47.9 Å². The minimum absolute atomic E-state index is 0.0114. The molecule has 1 fully saturated rings. The highest BCUT2D eigenvalue weighted by atomic mass is 16.5. The number of hydrogen-bond donors (Lipinski definition) is 1. The minimum atomic E-state index is -0.465. The number of rotatable bonds is 5. The number of ether oxygens (including phenoxy) is 1. The molecule has 5 rings (SSSR count). The highest BCUT2D eigenvalue weighted by Crippen LogP contribution is 2.34. The van der Waals surface area contributed by atoms with Crippen LogP contribution in [0.1, 0.15) is 47.2 Å². The summed E-state index contributed by atoms with van der Waals surface area (Å²) in [5.41, 5.74) is 4.85. The maximum Gasteiger partial charge on any atom is 0.258 e. The highest BCUT2D eigenvalue weighted by molar-refractivity contribution is 6.01. The predicted molar refractivity (Wildman–Crippen MR) is 118 cm³/mol. The second-order valence-electron chi connectivity index (χ2n) is 8.56. The third-order valence-electron chi connectivity index (χ3n) is 6.26. The molecular formula is C25H27N3O3. The Morgan fingerprint density at radius 1 is 1.13 bits per heavy atom. The maximum atomic E-state index is 13.3. The molecule has 31 heavy (non-hydrogen) atoms. The molecule has 2 aliphatic rings. The quantitative estimate of drug-likeness (QED) is 0.683. The van der Waals surface area contributed by atoms with Crippen molar-refractivity contribution < 1.29 is 14.6 Å². The molecule has 1 aliphatic carbocycles. The zero-order valence-electron chi connectivity index (χ0n) is 17.7. The highest BCUT2D eigenvalue weighted by Gasteiger charge is 2.33. The van der Waals surface area contributed by atoms with Crippen molar-refractivity contribution in [1.82, 2.24) is 14.7 Å². The second-order valence-corrected chi connectivity index (χ2v) is 8.56. The first kappa shape index (κ1) is 19.8. The Labute approximate surface area is 182 Å². The molecule has 6 nitrogen and oxygen atoms in total. The summed E-state index contributed by atoms with van der Waals surface area (Å²) in [6.45, 7) is 1.10. The lowest BCUT2D eigenvalue weighted by Crippen LogP contribution is -2.35. The van der Waals surface area contributed by atoms with Crippen LogP contribution in [0.3, 0.4) is 0 Å². The number of hydrogen-bond acceptors (Lipinski definition) is 4. The Hall–Kier alpha value is -3.12. The fourth-order valence-corrected chi connectivity index (χ4v) is 4.63. The van der Waals surface area contributed by atoms with Crippen LogP contribution in [0.25, 0.3) is 11.1 Å². The number of aliphatic hydroxyl groups excluding tert-OH is 1. The number of carbonyl (C=O) groups excluding carboxylic acids is 1. The second kappa shape index (κ2) is 8.19. The van der Waals surface area contributed by atoms with Gasteiger partial charge in [0.25, 0.3) is 5.91 Å². The molecular weight excluding hydrogens is 390 g/mol. The van der Waals surface area contributed by atoms with Crippen LogP contribution in [0.2, 0.25) is 0 Å². The van der Waals surface area contributed by atoms with E-state index >= 15 is 0 Å².